The third-order valence-corrected chi connectivity index (χ3v) is 4.86. The molecule has 1 saturated carbocycles. The zero-order chi connectivity index (χ0) is 19.0. The van der Waals surface area contributed by atoms with Gasteiger partial charge in [-0.2, -0.15) is 5.26 Å². The Hall–Kier alpha value is -3.53. The minimum atomic E-state index is -0.243. The van der Waals surface area contributed by atoms with Crippen LogP contribution < -0.4 is 11.1 Å². The number of amides is 1. The standard InChI is InChI=1S/C20H18N6O/c1-2-11-3-4-23-9-15(11)17-6-12-7-18(24-10-16(12)19(22)25-17)26-20(27)14-5-13(14)8-21/h3-4,6-7,9-10,13-14H,2,5H2,1H3,(H2,22,25)(H,24,26,27)/t13-,14+/m0/s1. The van der Waals surface area contributed by atoms with Gasteiger partial charge in [0.1, 0.15) is 11.6 Å². The van der Waals surface area contributed by atoms with Crippen LogP contribution in [0.3, 0.4) is 0 Å². The summed E-state index contributed by atoms with van der Waals surface area (Å²) in [6, 6.07) is 7.79. The molecule has 27 heavy (non-hydrogen) atoms. The van der Waals surface area contributed by atoms with Crippen LogP contribution in [-0.2, 0) is 11.2 Å². The van der Waals surface area contributed by atoms with Gasteiger partial charge in [0.05, 0.1) is 23.6 Å². The van der Waals surface area contributed by atoms with E-state index in [1.807, 2.05) is 12.1 Å². The Kier molecular flexibility index (Phi) is 4.16. The van der Waals surface area contributed by atoms with Gasteiger partial charge in [-0.15, -0.1) is 0 Å². The molecule has 1 amide bonds. The molecule has 0 unspecified atom stereocenters. The predicted octanol–water partition coefficient (Wildman–Crippen LogP) is 2.93. The zero-order valence-corrected chi connectivity index (χ0v) is 14.8. The fraction of sp³-hybridized carbons (Fsp3) is 0.250. The van der Waals surface area contributed by atoms with E-state index in [0.717, 1.165) is 34.0 Å². The van der Waals surface area contributed by atoms with Crippen molar-refractivity contribution in [1.82, 2.24) is 15.0 Å². The number of fused-ring (bicyclic) bond motifs is 1. The van der Waals surface area contributed by atoms with Crippen LogP contribution in [0.15, 0.2) is 36.8 Å². The topological polar surface area (TPSA) is 118 Å². The van der Waals surface area contributed by atoms with Crippen molar-refractivity contribution in [3.8, 4) is 17.3 Å². The van der Waals surface area contributed by atoms with E-state index < -0.39 is 0 Å². The molecular weight excluding hydrogens is 340 g/mol. The first-order valence-electron chi connectivity index (χ1n) is 8.80. The Morgan fingerprint density at radius 2 is 2.26 bits per heavy atom. The van der Waals surface area contributed by atoms with E-state index in [9.17, 15) is 4.79 Å². The summed E-state index contributed by atoms with van der Waals surface area (Å²) in [6.45, 7) is 2.08. The molecule has 1 aliphatic carbocycles. The van der Waals surface area contributed by atoms with E-state index in [4.69, 9.17) is 11.0 Å². The fourth-order valence-corrected chi connectivity index (χ4v) is 3.19. The van der Waals surface area contributed by atoms with E-state index in [2.05, 4.69) is 33.3 Å². The van der Waals surface area contributed by atoms with Crippen LogP contribution >= 0.6 is 0 Å². The minimum absolute atomic E-state index is 0.170. The molecule has 0 aliphatic heterocycles. The molecule has 4 rings (SSSR count). The van der Waals surface area contributed by atoms with E-state index in [1.54, 1.807) is 24.7 Å². The summed E-state index contributed by atoms with van der Waals surface area (Å²) in [5.41, 5.74) is 8.94. The van der Waals surface area contributed by atoms with Gasteiger partial charge in [0.15, 0.2) is 0 Å². The number of carbonyl (C=O) groups is 1. The lowest BCUT2D eigenvalue weighted by atomic mass is 10.0. The van der Waals surface area contributed by atoms with Crippen molar-refractivity contribution in [2.45, 2.75) is 19.8 Å². The van der Waals surface area contributed by atoms with E-state index in [1.165, 1.54) is 0 Å². The van der Waals surface area contributed by atoms with Crippen molar-refractivity contribution in [2.75, 3.05) is 11.1 Å². The largest absolute Gasteiger partial charge is 0.383 e. The molecule has 3 aromatic rings. The van der Waals surface area contributed by atoms with Crippen molar-refractivity contribution >= 4 is 28.3 Å². The van der Waals surface area contributed by atoms with Gasteiger partial charge < -0.3 is 11.1 Å². The molecule has 3 heterocycles. The fourth-order valence-electron chi connectivity index (χ4n) is 3.19. The molecule has 0 saturated heterocycles. The Labute approximate surface area is 156 Å². The first-order chi connectivity index (χ1) is 13.1. The maximum absolute atomic E-state index is 12.2. The number of pyridine rings is 3. The maximum atomic E-state index is 12.2. The quantitative estimate of drug-likeness (QED) is 0.740. The highest BCUT2D eigenvalue weighted by atomic mass is 16.2. The van der Waals surface area contributed by atoms with Crippen LogP contribution in [0.4, 0.5) is 11.6 Å². The van der Waals surface area contributed by atoms with Gasteiger partial charge in [0.2, 0.25) is 5.91 Å². The van der Waals surface area contributed by atoms with Crippen LogP contribution in [0, 0.1) is 23.2 Å². The average Bonchev–Trinajstić information content (AvgIpc) is 3.47. The number of anilines is 2. The first kappa shape index (κ1) is 16.9. The molecule has 7 nitrogen and oxygen atoms in total. The van der Waals surface area contributed by atoms with Crippen LogP contribution in [0.2, 0.25) is 0 Å². The van der Waals surface area contributed by atoms with Gasteiger partial charge in [-0.05, 0) is 42.0 Å². The van der Waals surface area contributed by atoms with Crippen molar-refractivity contribution in [3.63, 3.8) is 0 Å². The summed E-state index contributed by atoms with van der Waals surface area (Å²) in [4.78, 5) is 25.1. The van der Waals surface area contributed by atoms with Gasteiger partial charge in [-0.1, -0.05) is 6.92 Å². The van der Waals surface area contributed by atoms with Crippen molar-refractivity contribution in [2.24, 2.45) is 11.8 Å². The highest BCUT2D eigenvalue weighted by molar-refractivity contribution is 5.98. The molecule has 0 spiro atoms. The van der Waals surface area contributed by atoms with Gasteiger partial charge in [0.25, 0.3) is 0 Å². The number of nitrogens with one attached hydrogen (secondary N) is 1. The second-order valence-electron chi connectivity index (χ2n) is 6.64. The van der Waals surface area contributed by atoms with Crippen molar-refractivity contribution in [1.29, 1.82) is 5.26 Å². The summed E-state index contributed by atoms with van der Waals surface area (Å²) in [7, 11) is 0. The van der Waals surface area contributed by atoms with Gasteiger partial charge in [-0.25, -0.2) is 9.97 Å². The molecule has 0 bridgehead atoms. The van der Waals surface area contributed by atoms with Crippen LogP contribution in [-0.4, -0.2) is 20.9 Å². The molecule has 0 aromatic carbocycles. The molecule has 0 radical (unpaired) electrons. The number of nitrogens with zero attached hydrogens (tertiary/aromatic N) is 4. The molecule has 1 fully saturated rings. The second-order valence-corrected chi connectivity index (χ2v) is 6.64. The Morgan fingerprint density at radius 3 is 3.00 bits per heavy atom. The van der Waals surface area contributed by atoms with Gasteiger partial charge >= 0.3 is 0 Å². The summed E-state index contributed by atoms with van der Waals surface area (Å²) in [5, 5.41) is 13.2. The third-order valence-electron chi connectivity index (χ3n) is 4.86. The van der Waals surface area contributed by atoms with E-state index in [0.29, 0.717) is 18.1 Å². The summed E-state index contributed by atoms with van der Waals surface area (Å²) < 4.78 is 0. The summed E-state index contributed by atoms with van der Waals surface area (Å²) in [5.74, 6) is 0.222. The number of carbonyl (C=O) groups excluding carboxylic acids is 1. The van der Waals surface area contributed by atoms with Crippen LogP contribution in [0.1, 0.15) is 18.9 Å². The van der Waals surface area contributed by atoms with Crippen LogP contribution in [0.25, 0.3) is 22.0 Å². The average molecular weight is 358 g/mol. The number of hydrogen-bond donors (Lipinski definition) is 2. The predicted molar refractivity (Wildman–Crippen MR) is 102 cm³/mol. The summed E-state index contributed by atoms with van der Waals surface area (Å²) >= 11 is 0. The number of hydrogen-bond acceptors (Lipinski definition) is 6. The first-order valence-corrected chi connectivity index (χ1v) is 8.80. The molecule has 2 atom stereocenters. The lowest BCUT2D eigenvalue weighted by Gasteiger charge is -2.10. The van der Waals surface area contributed by atoms with Gasteiger partial charge in [-0.3, -0.25) is 9.78 Å². The lowest BCUT2D eigenvalue weighted by Crippen LogP contribution is -2.15. The Morgan fingerprint density at radius 1 is 1.41 bits per heavy atom. The molecule has 1 aliphatic rings. The Balaban J connectivity index is 1.70. The molecule has 7 heteroatoms. The highest BCUT2D eigenvalue weighted by Crippen LogP contribution is 2.38. The monoisotopic (exact) mass is 358 g/mol. The minimum Gasteiger partial charge on any atom is -0.383 e. The number of aryl methyl sites for hydroxylation is 1. The number of nitrogen functional groups attached to an aromatic ring is 1. The number of nitrogens with two attached hydrogens (primary N) is 1. The smallest absolute Gasteiger partial charge is 0.230 e. The normalized spacial score (nSPS) is 18.1. The number of nitriles is 1. The molecule has 3 aromatic heterocycles. The zero-order valence-electron chi connectivity index (χ0n) is 14.8. The molecule has 134 valence electrons. The van der Waals surface area contributed by atoms with Crippen LogP contribution in [0.5, 0.6) is 0 Å². The molecular formula is C20H18N6O. The Bertz CT molecular complexity index is 1090. The summed E-state index contributed by atoms with van der Waals surface area (Å²) in [6.07, 6.45) is 6.62. The third kappa shape index (κ3) is 3.17. The number of rotatable bonds is 4. The van der Waals surface area contributed by atoms with E-state index in [-0.39, 0.29) is 17.7 Å². The van der Waals surface area contributed by atoms with Crippen molar-refractivity contribution < 1.29 is 4.79 Å². The van der Waals surface area contributed by atoms with Crippen molar-refractivity contribution in [3.05, 3.63) is 42.4 Å². The van der Waals surface area contributed by atoms with E-state index >= 15 is 0 Å². The molecule has 3 N–H and O–H groups in total. The SMILES string of the molecule is CCc1ccncc1-c1cc2cc(NC(=O)[C@@H]3C[C@H]3C#N)ncc2c(N)n1. The number of aromatic nitrogens is 3. The van der Waals surface area contributed by atoms with Gasteiger partial charge in [0, 0.05) is 29.5 Å². The highest BCUT2D eigenvalue weighted by Gasteiger charge is 2.43. The second kappa shape index (κ2) is 6.65. The lowest BCUT2D eigenvalue weighted by molar-refractivity contribution is -0.117. The maximum Gasteiger partial charge on any atom is 0.230 e.